The molecule has 1 aromatic rings. The first-order chi connectivity index (χ1) is 7.49. The van der Waals surface area contributed by atoms with Gasteiger partial charge in [-0.25, -0.2) is 0 Å². The smallest absolute Gasteiger partial charge is 0.244 e. The van der Waals surface area contributed by atoms with Gasteiger partial charge in [-0.05, 0) is 38.6 Å². The Hall–Kier alpha value is -1.39. The van der Waals surface area contributed by atoms with Crippen molar-refractivity contribution in [1.82, 2.24) is 5.32 Å². The van der Waals surface area contributed by atoms with Crippen molar-refractivity contribution in [1.29, 1.82) is 0 Å². The minimum absolute atomic E-state index is 0.0286. The van der Waals surface area contributed by atoms with Gasteiger partial charge in [0, 0.05) is 5.69 Å². The minimum Gasteiger partial charge on any atom is -0.392 e. The van der Waals surface area contributed by atoms with E-state index in [1.54, 1.807) is 45.2 Å². The number of hydrogen-bond donors (Lipinski definition) is 3. The Morgan fingerprint density at radius 3 is 2.69 bits per heavy atom. The first-order valence-electron chi connectivity index (χ1n) is 5.20. The number of carbonyl (C=O) groups excluding carboxylic acids is 1. The second kappa shape index (κ2) is 5.09. The first kappa shape index (κ1) is 12.7. The molecular weight excluding hydrogens is 204 g/mol. The summed E-state index contributed by atoms with van der Waals surface area (Å²) in [5.41, 5.74) is 0.856. The molecule has 0 spiro atoms. The molecule has 0 unspecified atom stereocenters. The van der Waals surface area contributed by atoms with Crippen LogP contribution in [0.25, 0.3) is 0 Å². The molecule has 3 N–H and O–H groups in total. The monoisotopic (exact) mass is 222 g/mol. The van der Waals surface area contributed by atoms with Crippen molar-refractivity contribution >= 4 is 11.6 Å². The van der Waals surface area contributed by atoms with Crippen molar-refractivity contribution in [2.75, 3.05) is 12.4 Å². The van der Waals surface area contributed by atoms with Crippen molar-refractivity contribution in [2.45, 2.75) is 26.0 Å². The maximum absolute atomic E-state index is 11.8. The summed E-state index contributed by atoms with van der Waals surface area (Å²) in [6.07, 6.45) is 0. The molecule has 1 amide bonds. The van der Waals surface area contributed by atoms with Gasteiger partial charge in [0.15, 0.2) is 0 Å². The van der Waals surface area contributed by atoms with Crippen LogP contribution >= 0.6 is 0 Å². The van der Waals surface area contributed by atoms with E-state index in [9.17, 15) is 4.79 Å². The molecule has 0 radical (unpaired) electrons. The van der Waals surface area contributed by atoms with Gasteiger partial charge in [-0.15, -0.1) is 0 Å². The molecule has 1 rings (SSSR count). The number of aliphatic hydroxyl groups excluding tert-OH is 1. The minimum atomic E-state index is -0.616. The number of nitrogens with one attached hydrogen (secondary N) is 2. The zero-order chi connectivity index (χ0) is 12.2. The van der Waals surface area contributed by atoms with E-state index >= 15 is 0 Å². The van der Waals surface area contributed by atoms with Gasteiger partial charge in [-0.3, -0.25) is 4.79 Å². The van der Waals surface area contributed by atoms with E-state index in [0.717, 1.165) is 5.56 Å². The van der Waals surface area contributed by atoms with Crippen LogP contribution in [-0.2, 0) is 11.4 Å². The average Bonchev–Trinajstić information content (AvgIpc) is 2.29. The van der Waals surface area contributed by atoms with Gasteiger partial charge in [0.05, 0.1) is 12.1 Å². The summed E-state index contributed by atoms with van der Waals surface area (Å²) < 4.78 is 0. The summed E-state index contributed by atoms with van der Waals surface area (Å²) in [4.78, 5) is 11.8. The van der Waals surface area contributed by atoms with E-state index < -0.39 is 5.54 Å². The largest absolute Gasteiger partial charge is 0.392 e. The lowest BCUT2D eigenvalue weighted by Crippen LogP contribution is -2.47. The van der Waals surface area contributed by atoms with E-state index in [-0.39, 0.29) is 12.5 Å². The summed E-state index contributed by atoms with van der Waals surface area (Å²) in [6.45, 7) is 3.58. The van der Waals surface area contributed by atoms with Crippen LogP contribution in [0.15, 0.2) is 24.3 Å². The molecule has 0 aliphatic heterocycles. The summed E-state index contributed by atoms with van der Waals surface area (Å²) >= 11 is 0. The summed E-state index contributed by atoms with van der Waals surface area (Å²) in [5.74, 6) is -0.106. The number of likely N-dealkylation sites (N-methyl/N-ethyl adjacent to an activating group) is 1. The molecule has 0 fully saturated rings. The third-order valence-electron chi connectivity index (χ3n) is 2.56. The first-order valence-corrected chi connectivity index (χ1v) is 5.20. The van der Waals surface area contributed by atoms with Crippen LogP contribution in [0.2, 0.25) is 0 Å². The highest BCUT2D eigenvalue weighted by Gasteiger charge is 2.24. The lowest BCUT2D eigenvalue weighted by atomic mass is 10.0. The number of rotatable bonds is 4. The molecule has 0 saturated carbocycles. The van der Waals surface area contributed by atoms with Crippen molar-refractivity contribution in [3.63, 3.8) is 0 Å². The quantitative estimate of drug-likeness (QED) is 0.715. The number of aliphatic hydroxyl groups is 1. The highest BCUT2D eigenvalue weighted by atomic mass is 16.3. The Bertz CT molecular complexity index is 375. The van der Waals surface area contributed by atoms with Crippen molar-refractivity contribution in [3.05, 3.63) is 29.8 Å². The maximum atomic E-state index is 11.8. The highest BCUT2D eigenvalue weighted by molar-refractivity contribution is 5.97. The van der Waals surface area contributed by atoms with Crippen molar-refractivity contribution < 1.29 is 9.90 Å². The van der Waals surface area contributed by atoms with E-state index in [4.69, 9.17) is 5.11 Å². The Labute approximate surface area is 95.7 Å². The highest BCUT2D eigenvalue weighted by Crippen LogP contribution is 2.13. The maximum Gasteiger partial charge on any atom is 0.244 e. The summed E-state index contributed by atoms with van der Waals surface area (Å²) in [5, 5.41) is 14.7. The van der Waals surface area contributed by atoms with Crippen LogP contribution in [0, 0.1) is 0 Å². The van der Waals surface area contributed by atoms with E-state index in [0.29, 0.717) is 5.69 Å². The number of amides is 1. The zero-order valence-corrected chi connectivity index (χ0v) is 9.87. The molecule has 0 aliphatic rings. The van der Waals surface area contributed by atoms with Crippen LogP contribution in [0.1, 0.15) is 19.4 Å². The Kier molecular flexibility index (Phi) is 4.04. The van der Waals surface area contributed by atoms with Gasteiger partial charge in [0.25, 0.3) is 0 Å². The molecule has 0 saturated heterocycles. The van der Waals surface area contributed by atoms with Crippen molar-refractivity contribution in [3.8, 4) is 0 Å². The molecule has 1 aromatic carbocycles. The van der Waals surface area contributed by atoms with E-state index in [1.165, 1.54) is 0 Å². The number of hydrogen-bond acceptors (Lipinski definition) is 3. The molecule has 0 aromatic heterocycles. The van der Waals surface area contributed by atoms with Gasteiger partial charge in [-0.2, -0.15) is 0 Å². The van der Waals surface area contributed by atoms with Crippen LogP contribution in [-0.4, -0.2) is 23.6 Å². The third kappa shape index (κ3) is 3.05. The predicted octanol–water partition coefficient (Wildman–Crippen LogP) is 1.12. The number of benzene rings is 1. The summed E-state index contributed by atoms with van der Waals surface area (Å²) in [6, 6.07) is 7.15. The van der Waals surface area contributed by atoms with Crippen LogP contribution in [0.3, 0.4) is 0 Å². The van der Waals surface area contributed by atoms with Crippen LogP contribution in [0.5, 0.6) is 0 Å². The second-order valence-electron chi connectivity index (χ2n) is 4.19. The molecule has 4 nitrogen and oxygen atoms in total. The van der Waals surface area contributed by atoms with Gasteiger partial charge in [-0.1, -0.05) is 12.1 Å². The standard InChI is InChI=1S/C12H18N2O2/c1-12(2,13-3)11(16)14-10-6-4-5-9(7-10)8-15/h4-7,13,15H,8H2,1-3H3,(H,14,16). The number of anilines is 1. The molecule has 4 heteroatoms. The van der Waals surface area contributed by atoms with Crippen LogP contribution < -0.4 is 10.6 Å². The van der Waals surface area contributed by atoms with Gasteiger partial charge < -0.3 is 15.7 Å². The number of carbonyl (C=O) groups is 1. The molecule has 16 heavy (non-hydrogen) atoms. The molecule has 0 heterocycles. The Morgan fingerprint density at radius 1 is 1.44 bits per heavy atom. The molecular formula is C12H18N2O2. The molecule has 88 valence electrons. The molecule has 0 atom stereocenters. The molecule has 0 bridgehead atoms. The third-order valence-corrected chi connectivity index (χ3v) is 2.56. The fourth-order valence-corrected chi connectivity index (χ4v) is 1.15. The summed E-state index contributed by atoms with van der Waals surface area (Å²) in [7, 11) is 1.74. The molecule has 0 aliphatic carbocycles. The van der Waals surface area contributed by atoms with Gasteiger partial charge in [0.1, 0.15) is 0 Å². The van der Waals surface area contributed by atoms with Gasteiger partial charge in [0.2, 0.25) is 5.91 Å². The van der Waals surface area contributed by atoms with Crippen LogP contribution in [0.4, 0.5) is 5.69 Å². The lowest BCUT2D eigenvalue weighted by Gasteiger charge is -2.22. The second-order valence-corrected chi connectivity index (χ2v) is 4.19. The normalized spacial score (nSPS) is 11.2. The van der Waals surface area contributed by atoms with Gasteiger partial charge >= 0.3 is 0 Å². The lowest BCUT2D eigenvalue weighted by molar-refractivity contribution is -0.121. The zero-order valence-electron chi connectivity index (χ0n) is 9.87. The fourth-order valence-electron chi connectivity index (χ4n) is 1.15. The average molecular weight is 222 g/mol. The SMILES string of the molecule is CNC(C)(C)C(=O)Nc1cccc(CO)c1. The topological polar surface area (TPSA) is 61.4 Å². The van der Waals surface area contributed by atoms with E-state index in [2.05, 4.69) is 10.6 Å². The Morgan fingerprint density at radius 2 is 2.12 bits per heavy atom. The van der Waals surface area contributed by atoms with Crippen molar-refractivity contribution in [2.24, 2.45) is 0 Å². The predicted molar refractivity (Wildman–Crippen MR) is 64.1 cm³/mol. The fraction of sp³-hybridized carbons (Fsp3) is 0.417. The Balaban J connectivity index is 2.77. The van der Waals surface area contributed by atoms with E-state index in [1.807, 2.05) is 0 Å².